The van der Waals surface area contributed by atoms with Gasteiger partial charge in [-0.1, -0.05) is 35.5 Å². The van der Waals surface area contributed by atoms with Gasteiger partial charge in [0.15, 0.2) is 0 Å². The summed E-state index contributed by atoms with van der Waals surface area (Å²) in [7, 11) is 1.84. The van der Waals surface area contributed by atoms with Crippen molar-refractivity contribution in [3.05, 3.63) is 42.2 Å². The first kappa shape index (κ1) is 16.5. The van der Waals surface area contributed by atoms with Crippen LogP contribution in [-0.2, 0) is 0 Å². The third kappa shape index (κ3) is 3.48. The van der Waals surface area contributed by atoms with Crippen LogP contribution in [0.4, 0.5) is 0 Å². The Morgan fingerprint density at radius 3 is 2.64 bits per heavy atom. The Balaban J connectivity index is 0.00000176. The smallest absolute Gasteiger partial charge is 0.292 e. The van der Waals surface area contributed by atoms with Crippen molar-refractivity contribution >= 4 is 18.3 Å². The van der Waals surface area contributed by atoms with Gasteiger partial charge in [0.2, 0.25) is 5.76 Å². The first-order chi connectivity index (χ1) is 10.3. The lowest BCUT2D eigenvalue weighted by molar-refractivity contribution is 0.0661. The molecule has 0 atom stereocenters. The molecule has 3 rings (SSSR count). The van der Waals surface area contributed by atoms with Crippen LogP contribution in [0.3, 0.4) is 0 Å². The quantitative estimate of drug-likeness (QED) is 0.944. The maximum Gasteiger partial charge on any atom is 0.292 e. The molecule has 0 unspecified atom stereocenters. The molecule has 1 aliphatic rings. The van der Waals surface area contributed by atoms with E-state index in [0.29, 0.717) is 11.5 Å². The van der Waals surface area contributed by atoms with E-state index in [9.17, 15) is 4.79 Å². The molecule has 1 N–H and O–H groups in total. The summed E-state index contributed by atoms with van der Waals surface area (Å²) in [5.74, 6) is 0.200. The largest absolute Gasteiger partial charge is 0.350 e. The summed E-state index contributed by atoms with van der Waals surface area (Å²) in [6, 6.07) is 11.7. The van der Waals surface area contributed by atoms with Crippen molar-refractivity contribution in [2.75, 3.05) is 20.1 Å². The normalized spacial score (nSPS) is 15.1. The van der Waals surface area contributed by atoms with Crippen molar-refractivity contribution in [3.63, 3.8) is 0 Å². The Morgan fingerprint density at radius 2 is 1.95 bits per heavy atom. The third-order valence-corrected chi connectivity index (χ3v) is 3.97. The molecule has 1 aromatic heterocycles. The van der Waals surface area contributed by atoms with E-state index in [2.05, 4.69) is 10.5 Å². The number of rotatable bonds is 3. The summed E-state index contributed by atoms with van der Waals surface area (Å²) < 4.78 is 5.24. The summed E-state index contributed by atoms with van der Waals surface area (Å²) in [4.78, 5) is 14.2. The molecule has 1 aromatic carbocycles. The highest BCUT2D eigenvalue weighted by molar-refractivity contribution is 5.92. The Kier molecular flexibility index (Phi) is 5.57. The highest BCUT2D eigenvalue weighted by Crippen LogP contribution is 2.20. The first-order valence-electron chi connectivity index (χ1n) is 7.26. The lowest BCUT2D eigenvalue weighted by Crippen LogP contribution is -2.43. The third-order valence-electron chi connectivity index (χ3n) is 3.97. The van der Waals surface area contributed by atoms with Crippen molar-refractivity contribution in [2.24, 2.45) is 0 Å². The molecule has 1 saturated heterocycles. The van der Waals surface area contributed by atoms with Gasteiger partial charge in [0.1, 0.15) is 5.69 Å². The molecule has 5 nitrogen and oxygen atoms in total. The second-order valence-electron chi connectivity index (χ2n) is 5.34. The number of nitrogens with zero attached hydrogens (tertiary/aromatic N) is 2. The van der Waals surface area contributed by atoms with Crippen LogP contribution in [-0.4, -0.2) is 42.1 Å². The Morgan fingerprint density at radius 1 is 1.27 bits per heavy atom. The van der Waals surface area contributed by atoms with Crippen LogP contribution in [0.15, 0.2) is 40.9 Å². The summed E-state index contributed by atoms with van der Waals surface area (Å²) in [6.45, 7) is 1.90. The van der Waals surface area contributed by atoms with E-state index < -0.39 is 0 Å². The van der Waals surface area contributed by atoms with E-state index in [1.807, 2.05) is 37.4 Å². The van der Waals surface area contributed by atoms with Gasteiger partial charge in [-0.25, -0.2) is 0 Å². The number of hydrogen-bond donors (Lipinski definition) is 1. The van der Waals surface area contributed by atoms with Gasteiger partial charge in [0, 0.05) is 24.7 Å². The first-order valence-corrected chi connectivity index (χ1v) is 7.26. The number of carbonyl (C=O) groups excluding carboxylic acids is 1. The summed E-state index contributed by atoms with van der Waals surface area (Å²) >= 11 is 0. The lowest BCUT2D eigenvalue weighted by atomic mass is 10.1. The molecular formula is C16H20ClN3O2. The number of aromatic nitrogens is 1. The minimum atomic E-state index is -0.100. The fourth-order valence-corrected chi connectivity index (χ4v) is 2.65. The predicted molar refractivity (Wildman–Crippen MR) is 87.2 cm³/mol. The number of carbonyl (C=O) groups is 1. The second-order valence-corrected chi connectivity index (χ2v) is 5.34. The van der Waals surface area contributed by atoms with Gasteiger partial charge >= 0.3 is 0 Å². The fraction of sp³-hybridized carbons (Fsp3) is 0.375. The molecule has 0 saturated carbocycles. The molecule has 0 aliphatic carbocycles. The summed E-state index contributed by atoms with van der Waals surface area (Å²) in [5.41, 5.74) is 1.64. The molecule has 0 bridgehead atoms. The molecular weight excluding hydrogens is 302 g/mol. The van der Waals surface area contributed by atoms with Crippen molar-refractivity contribution in [1.29, 1.82) is 0 Å². The lowest BCUT2D eigenvalue weighted by Gasteiger charge is -2.30. The van der Waals surface area contributed by atoms with Gasteiger partial charge in [-0.2, -0.15) is 0 Å². The maximum atomic E-state index is 12.5. The number of piperidine rings is 1. The van der Waals surface area contributed by atoms with Gasteiger partial charge in [0.05, 0.1) is 0 Å². The van der Waals surface area contributed by atoms with E-state index in [1.165, 1.54) is 0 Å². The highest BCUT2D eigenvalue weighted by atomic mass is 35.5. The molecule has 118 valence electrons. The van der Waals surface area contributed by atoms with E-state index in [0.717, 1.165) is 31.5 Å². The maximum absolute atomic E-state index is 12.5. The zero-order valence-corrected chi connectivity index (χ0v) is 13.3. The predicted octanol–water partition coefficient (Wildman–Crippen LogP) is 2.59. The number of halogens is 1. The van der Waals surface area contributed by atoms with Gasteiger partial charge in [-0.15, -0.1) is 12.4 Å². The SMILES string of the molecule is CN(C(=O)c1cc(-c2ccccc2)no1)C1CCNCC1.Cl. The van der Waals surface area contributed by atoms with Crippen LogP contribution in [0.25, 0.3) is 11.3 Å². The highest BCUT2D eigenvalue weighted by Gasteiger charge is 2.25. The van der Waals surface area contributed by atoms with Crippen LogP contribution in [0.5, 0.6) is 0 Å². The van der Waals surface area contributed by atoms with Crippen LogP contribution >= 0.6 is 12.4 Å². The van der Waals surface area contributed by atoms with E-state index in [-0.39, 0.29) is 24.4 Å². The van der Waals surface area contributed by atoms with E-state index in [4.69, 9.17) is 4.52 Å². The number of amides is 1. The van der Waals surface area contributed by atoms with Crippen molar-refractivity contribution in [2.45, 2.75) is 18.9 Å². The van der Waals surface area contributed by atoms with Crippen LogP contribution in [0, 0.1) is 0 Å². The van der Waals surface area contributed by atoms with Gasteiger partial charge in [-0.3, -0.25) is 4.79 Å². The fourth-order valence-electron chi connectivity index (χ4n) is 2.65. The Labute approximate surface area is 136 Å². The molecule has 2 heterocycles. The van der Waals surface area contributed by atoms with Crippen LogP contribution in [0.1, 0.15) is 23.4 Å². The van der Waals surface area contributed by atoms with Crippen molar-refractivity contribution in [3.8, 4) is 11.3 Å². The second kappa shape index (κ2) is 7.42. The standard InChI is InChI=1S/C16H19N3O2.ClH/c1-19(13-7-9-17-10-8-13)16(20)15-11-14(18-21-15)12-5-3-2-4-6-12;/h2-6,11,13,17H,7-10H2,1H3;1H. The Bertz CT molecular complexity index is 609. The number of nitrogens with one attached hydrogen (secondary N) is 1. The molecule has 2 aromatic rings. The molecule has 6 heteroatoms. The van der Waals surface area contributed by atoms with E-state index >= 15 is 0 Å². The average molecular weight is 322 g/mol. The average Bonchev–Trinajstić information content (AvgIpc) is 3.05. The zero-order chi connectivity index (χ0) is 14.7. The van der Waals surface area contributed by atoms with Crippen molar-refractivity contribution < 1.29 is 9.32 Å². The molecule has 1 aliphatic heterocycles. The zero-order valence-electron chi connectivity index (χ0n) is 12.5. The topological polar surface area (TPSA) is 58.4 Å². The van der Waals surface area contributed by atoms with Crippen LogP contribution in [0.2, 0.25) is 0 Å². The molecule has 0 spiro atoms. The number of benzene rings is 1. The minimum absolute atomic E-state index is 0. The molecule has 22 heavy (non-hydrogen) atoms. The monoisotopic (exact) mass is 321 g/mol. The van der Waals surface area contributed by atoms with Gasteiger partial charge < -0.3 is 14.7 Å². The number of hydrogen-bond acceptors (Lipinski definition) is 4. The molecule has 1 fully saturated rings. The van der Waals surface area contributed by atoms with Gasteiger partial charge in [-0.05, 0) is 25.9 Å². The summed E-state index contributed by atoms with van der Waals surface area (Å²) in [5, 5.41) is 7.30. The summed E-state index contributed by atoms with van der Waals surface area (Å²) in [6.07, 6.45) is 1.95. The molecule has 0 radical (unpaired) electrons. The minimum Gasteiger partial charge on any atom is -0.350 e. The molecule has 1 amide bonds. The Hall–Kier alpha value is -1.85. The van der Waals surface area contributed by atoms with Gasteiger partial charge in [0.25, 0.3) is 5.91 Å². The van der Waals surface area contributed by atoms with Crippen molar-refractivity contribution in [1.82, 2.24) is 15.4 Å². The van der Waals surface area contributed by atoms with E-state index in [1.54, 1.807) is 11.0 Å². The van der Waals surface area contributed by atoms with Crippen LogP contribution < -0.4 is 5.32 Å².